The van der Waals surface area contributed by atoms with Gasteiger partial charge >= 0.3 is 0 Å². The van der Waals surface area contributed by atoms with Crippen molar-refractivity contribution in [2.75, 3.05) is 6.54 Å². The number of nitro groups is 1. The van der Waals surface area contributed by atoms with Gasteiger partial charge in [0.2, 0.25) is 0 Å². The Morgan fingerprint density at radius 2 is 2.24 bits per heavy atom. The van der Waals surface area contributed by atoms with E-state index in [1.54, 1.807) is 19.1 Å². The fourth-order valence-corrected chi connectivity index (χ4v) is 2.92. The topological polar surface area (TPSA) is 81.0 Å². The van der Waals surface area contributed by atoms with Crippen molar-refractivity contribution in [2.45, 2.75) is 32.2 Å². The normalized spacial score (nSPS) is 14.3. The van der Waals surface area contributed by atoms with E-state index < -0.39 is 0 Å². The van der Waals surface area contributed by atoms with Gasteiger partial charge in [-0.05, 0) is 19.8 Å². The van der Waals surface area contributed by atoms with Gasteiger partial charge in [-0.2, -0.15) is 0 Å². The molecule has 0 amide bonds. The molecule has 1 saturated carbocycles. The minimum atomic E-state index is -0.361. The van der Waals surface area contributed by atoms with E-state index in [0.29, 0.717) is 11.6 Å². The molecular weight excluding hydrogens is 288 g/mol. The van der Waals surface area contributed by atoms with Crippen molar-refractivity contribution in [2.24, 2.45) is 0 Å². The number of hydrogen-bond acceptors (Lipinski definition) is 6. The molecule has 1 aliphatic rings. The first-order valence-corrected chi connectivity index (χ1v) is 7.76. The molecule has 0 spiro atoms. The largest absolute Gasteiger partial charge is 0.314 e. The van der Waals surface area contributed by atoms with E-state index in [1.165, 1.54) is 24.2 Å². The smallest absolute Gasteiger partial charge is 0.273 e. The number of rotatable bonds is 6. The van der Waals surface area contributed by atoms with Crippen LogP contribution in [-0.4, -0.2) is 27.7 Å². The zero-order valence-corrected chi connectivity index (χ0v) is 12.5. The molecule has 1 aliphatic carbocycles. The Morgan fingerprint density at radius 3 is 2.95 bits per heavy atom. The number of nitrogens with one attached hydrogen (secondary N) is 1. The van der Waals surface area contributed by atoms with Gasteiger partial charge in [-0.25, -0.2) is 0 Å². The van der Waals surface area contributed by atoms with Crippen LogP contribution in [0.5, 0.6) is 0 Å². The van der Waals surface area contributed by atoms with E-state index >= 15 is 0 Å². The Morgan fingerprint density at radius 1 is 1.43 bits per heavy atom. The van der Waals surface area contributed by atoms with E-state index in [4.69, 9.17) is 0 Å². The van der Waals surface area contributed by atoms with Gasteiger partial charge in [-0.3, -0.25) is 10.1 Å². The predicted molar refractivity (Wildman–Crippen MR) is 81.5 cm³/mol. The van der Waals surface area contributed by atoms with Crippen LogP contribution >= 0.6 is 11.3 Å². The van der Waals surface area contributed by atoms with Gasteiger partial charge in [0.05, 0.1) is 4.92 Å². The number of benzene rings is 1. The number of nitrogens with zero attached hydrogens (tertiary/aromatic N) is 3. The fraction of sp³-hybridized carbons (Fsp3) is 0.429. The zero-order chi connectivity index (χ0) is 14.8. The van der Waals surface area contributed by atoms with Crippen LogP contribution in [0.15, 0.2) is 18.2 Å². The maximum Gasteiger partial charge on any atom is 0.273 e. The summed E-state index contributed by atoms with van der Waals surface area (Å²) in [5.74, 6) is 0. The van der Waals surface area contributed by atoms with Crippen LogP contribution in [0.1, 0.15) is 23.4 Å². The quantitative estimate of drug-likeness (QED) is 0.655. The van der Waals surface area contributed by atoms with Gasteiger partial charge in [0.1, 0.15) is 10.0 Å². The van der Waals surface area contributed by atoms with Gasteiger partial charge in [0, 0.05) is 36.2 Å². The molecule has 0 saturated heterocycles. The van der Waals surface area contributed by atoms with Crippen molar-refractivity contribution in [1.29, 1.82) is 0 Å². The summed E-state index contributed by atoms with van der Waals surface area (Å²) in [5, 5.41) is 24.4. The number of nitro benzene ring substituents is 1. The summed E-state index contributed by atoms with van der Waals surface area (Å²) < 4.78 is 0. The molecule has 0 unspecified atom stereocenters. The maximum absolute atomic E-state index is 11.0. The Hall–Kier alpha value is -1.86. The molecule has 0 aliphatic heterocycles. The molecule has 1 aromatic carbocycles. The average Bonchev–Trinajstić information content (AvgIpc) is 3.16. The van der Waals surface area contributed by atoms with E-state index in [9.17, 15) is 10.1 Å². The molecule has 3 rings (SSSR count). The standard InChI is InChI=1S/C14H16N4O2S/c1-9-2-3-10(8-12(9)18(19)20)14-17-16-13(21-14)6-7-15-11-4-5-11/h2-3,8,11,15H,4-7H2,1H3. The summed E-state index contributed by atoms with van der Waals surface area (Å²) in [6, 6.07) is 5.87. The molecule has 2 aromatic rings. The fourth-order valence-electron chi connectivity index (χ4n) is 2.08. The van der Waals surface area contributed by atoms with E-state index in [-0.39, 0.29) is 10.6 Å². The summed E-state index contributed by atoms with van der Waals surface area (Å²) in [6.07, 6.45) is 3.39. The highest BCUT2D eigenvalue weighted by molar-refractivity contribution is 7.14. The number of aromatic nitrogens is 2. The third kappa shape index (κ3) is 3.43. The predicted octanol–water partition coefficient (Wildman–Crippen LogP) is 2.72. The van der Waals surface area contributed by atoms with E-state index in [0.717, 1.165) is 28.5 Å². The summed E-state index contributed by atoms with van der Waals surface area (Å²) in [5.41, 5.74) is 1.54. The van der Waals surface area contributed by atoms with Crippen LogP contribution in [0.3, 0.4) is 0 Å². The third-order valence-electron chi connectivity index (χ3n) is 3.47. The molecule has 0 radical (unpaired) electrons. The molecule has 1 heterocycles. The van der Waals surface area contributed by atoms with Crippen molar-refractivity contribution in [3.63, 3.8) is 0 Å². The Labute approximate surface area is 126 Å². The molecule has 7 heteroatoms. The highest BCUT2D eigenvalue weighted by Gasteiger charge is 2.20. The van der Waals surface area contributed by atoms with Gasteiger partial charge < -0.3 is 5.32 Å². The van der Waals surface area contributed by atoms with Crippen LogP contribution in [0.2, 0.25) is 0 Å². The zero-order valence-electron chi connectivity index (χ0n) is 11.7. The molecule has 1 N–H and O–H groups in total. The minimum Gasteiger partial charge on any atom is -0.314 e. The Bertz CT molecular complexity index is 667. The first kappa shape index (κ1) is 14.1. The lowest BCUT2D eigenvalue weighted by Gasteiger charge is -1.99. The lowest BCUT2D eigenvalue weighted by atomic mass is 10.1. The summed E-state index contributed by atoms with van der Waals surface area (Å²) >= 11 is 1.50. The van der Waals surface area contributed by atoms with Gasteiger partial charge in [0.25, 0.3) is 5.69 Å². The molecule has 6 nitrogen and oxygen atoms in total. The second-order valence-corrected chi connectivity index (χ2v) is 6.30. The maximum atomic E-state index is 11.0. The molecule has 0 atom stereocenters. The highest BCUT2D eigenvalue weighted by Crippen LogP contribution is 2.29. The summed E-state index contributed by atoms with van der Waals surface area (Å²) in [4.78, 5) is 10.6. The lowest BCUT2D eigenvalue weighted by molar-refractivity contribution is -0.385. The number of hydrogen-bond donors (Lipinski definition) is 1. The number of aryl methyl sites for hydroxylation is 1. The average molecular weight is 304 g/mol. The van der Waals surface area contributed by atoms with Crippen LogP contribution < -0.4 is 5.32 Å². The second kappa shape index (κ2) is 5.87. The minimum absolute atomic E-state index is 0.125. The van der Waals surface area contributed by atoms with Crippen LogP contribution in [-0.2, 0) is 6.42 Å². The van der Waals surface area contributed by atoms with Crippen LogP contribution in [0.4, 0.5) is 5.69 Å². The van der Waals surface area contributed by atoms with Gasteiger partial charge in [-0.15, -0.1) is 10.2 Å². The van der Waals surface area contributed by atoms with Crippen molar-refractivity contribution in [3.8, 4) is 10.6 Å². The lowest BCUT2D eigenvalue weighted by Crippen LogP contribution is -2.19. The van der Waals surface area contributed by atoms with Crippen molar-refractivity contribution >= 4 is 17.0 Å². The van der Waals surface area contributed by atoms with E-state index in [1.807, 2.05) is 6.07 Å². The molecule has 21 heavy (non-hydrogen) atoms. The van der Waals surface area contributed by atoms with E-state index in [2.05, 4.69) is 15.5 Å². The van der Waals surface area contributed by atoms with Crippen LogP contribution in [0.25, 0.3) is 10.6 Å². The molecule has 1 aromatic heterocycles. The van der Waals surface area contributed by atoms with Crippen molar-refractivity contribution < 1.29 is 4.92 Å². The monoisotopic (exact) mass is 304 g/mol. The van der Waals surface area contributed by atoms with Crippen molar-refractivity contribution in [1.82, 2.24) is 15.5 Å². The summed E-state index contributed by atoms with van der Waals surface area (Å²) in [6.45, 7) is 2.64. The van der Waals surface area contributed by atoms with Gasteiger partial charge in [0.15, 0.2) is 0 Å². The molecule has 0 bridgehead atoms. The first-order chi connectivity index (χ1) is 10.1. The molecule has 110 valence electrons. The van der Waals surface area contributed by atoms with Crippen LogP contribution in [0, 0.1) is 17.0 Å². The highest BCUT2D eigenvalue weighted by atomic mass is 32.1. The third-order valence-corrected chi connectivity index (χ3v) is 4.50. The Balaban J connectivity index is 1.72. The van der Waals surface area contributed by atoms with Gasteiger partial charge in [-0.1, -0.05) is 23.5 Å². The second-order valence-electron chi connectivity index (χ2n) is 5.24. The first-order valence-electron chi connectivity index (χ1n) is 6.94. The Kier molecular flexibility index (Phi) is 3.94. The molecule has 1 fully saturated rings. The summed E-state index contributed by atoms with van der Waals surface area (Å²) in [7, 11) is 0. The molecular formula is C14H16N4O2S. The SMILES string of the molecule is Cc1ccc(-c2nnc(CCNC3CC3)s2)cc1[N+](=O)[O-]. The van der Waals surface area contributed by atoms with Crippen molar-refractivity contribution in [3.05, 3.63) is 38.9 Å².